The Balaban J connectivity index is 1.79. The van der Waals surface area contributed by atoms with Crippen LogP contribution in [0.5, 0.6) is 0 Å². The van der Waals surface area contributed by atoms with Gasteiger partial charge in [0.2, 0.25) is 0 Å². The molecule has 7 nitrogen and oxygen atoms in total. The molecule has 2 aromatic heterocycles. The van der Waals surface area contributed by atoms with E-state index in [1.165, 1.54) is 0 Å². The van der Waals surface area contributed by atoms with Crippen molar-refractivity contribution in [3.8, 4) is 0 Å². The Morgan fingerprint density at radius 1 is 1.20 bits per heavy atom. The largest absolute Gasteiger partial charge is 0.453 e. The quantitative estimate of drug-likeness (QED) is 0.710. The maximum atomic E-state index is 4.65. The van der Waals surface area contributed by atoms with Crippen molar-refractivity contribution in [2.24, 2.45) is 7.05 Å². The molecule has 1 aliphatic rings. The average molecular weight is 267 g/mol. The van der Waals surface area contributed by atoms with Gasteiger partial charge < -0.3 is 5.43 Å². The number of nitrogens with zero attached hydrogens (tertiary/aromatic N) is 6. The van der Waals surface area contributed by atoms with Gasteiger partial charge >= 0.3 is 0 Å². The van der Waals surface area contributed by atoms with Gasteiger partial charge in [-0.25, -0.2) is 19.8 Å². The number of pyridine rings is 1. The molecule has 1 aromatic carbocycles. The number of fused-ring (bicyclic) bond motifs is 2. The van der Waals surface area contributed by atoms with E-state index >= 15 is 0 Å². The zero-order valence-corrected chi connectivity index (χ0v) is 11.1. The Hall–Kier alpha value is -2.67. The number of aromatic nitrogens is 4. The van der Waals surface area contributed by atoms with Crippen molar-refractivity contribution < 1.29 is 5.12 Å². The lowest BCUT2D eigenvalue weighted by Crippen LogP contribution is -3.08. The highest BCUT2D eigenvalue weighted by Crippen LogP contribution is 2.31. The standard InChI is InChI=1S/C13H13N7/c1-18-12-8-9(5-6-10(12)15-17-18)20-16-11-4-3-7-14-13(11)19(20)2/h3-8,20H,1-2H3. The summed E-state index contributed by atoms with van der Waals surface area (Å²) in [5.41, 5.74) is 8.45. The highest BCUT2D eigenvalue weighted by atomic mass is 15.8. The third-order valence-corrected chi connectivity index (χ3v) is 3.50. The van der Waals surface area contributed by atoms with E-state index in [0.717, 1.165) is 33.3 Å². The Morgan fingerprint density at radius 3 is 2.95 bits per heavy atom. The fourth-order valence-corrected chi connectivity index (χ4v) is 2.45. The molecule has 0 fully saturated rings. The lowest BCUT2D eigenvalue weighted by atomic mass is 10.3. The van der Waals surface area contributed by atoms with Crippen LogP contribution < -0.4 is 10.1 Å². The van der Waals surface area contributed by atoms with Crippen molar-refractivity contribution in [2.75, 3.05) is 12.1 Å². The Morgan fingerprint density at radius 2 is 2.10 bits per heavy atom. The van der Waals surface area contributed by atoms with E-state index in [1.54, 1.807) is 10.9 Å². The summed E-state index contributed by atoms with van der Waals surface area (Å²) in [6.07, 6.45) is 1.78. The SMILES string of the molecule is CN1c2ncccc2[N-][NH+]1c1ccc2nnn(C)c2c1. The predicted octanol–water partition coefficient (Wildman–Crippen LogP) is 0.865. The van der Waals surface area contributed by atoms with Crippen LogP contribution in [0.2, 0.25) is 0 Å². The maximum Gasteiger partial charge on any atom is 0.165 e. The summed E-state index contributed by atoms with van der Waals surface area (Å²) in [6, 6.07) is 9.89. The van der Waals surface area contributed by atoms with Crippen molar-refractivity contribution in [1.82, 2.24) is 20.0 Å². The molecule has 1 N–H and O–H groups in total. The first-order chi connectivity index (χ1) is 9.74. The lowest BCUT2D eigenvalue weighted by molar-refractivity contribution is -0.791. The van der Waals surface area contributed by atoms with Gasteiger partial charge in [0.1, 0.15) is 5.52 Å². The molecular formula is C13H13N7. The van der Waals surface area contributed by atoms with Crippen LogP contribution in [0.15, 0.2) is 36.5 Å². The minimum atomic E-state index is 0.880. The summed E-state index contributed by atoms with van der Waals surface area (Å²) < 4.78 is 1.76. The summed E-state index contributed by atoms with van der Waals surface area (Å²) in [5, 5.41) is 11.0. The van der Waals surface area contributed by atoms with Gasteiger partial charge in [-0.2, -0.15) is 0 Å². The second-order valence-electron chi connectivity index (χ2n) is 4.76. The first-order valence-electron chi connectivity index (χ1n) is 6.31. The minimum absolute atomic E-state index is 0.880. The van der Waals surface area contributed by atoms with Crippen LogP contribution in [0.3, 0.4) is 0 Å². The molecule has 0 radical (unpaired) electrons. The van der Waals surface area contributed by atoms with Crippen molar-refractivity contribution in [1.29, 1.82) is 0 Å². The summed E-state index contributed by atoms with van der Waals surface area (Å²) in [7, 11) is 3.86. The second-order valence-corrected chi connectivity index (χ2v) is 4.76. The third-order valence-electron chi connectivity index (χ3n) is 3.50. The first kappa shape index (κ1) is 11.2. The van der Waals surface area contributed by atoms with Gasteiger partial charge in [-0.1, -0.05) is 11.3 Å². The average Bonchev–Trinajstić information content (AvgIpc) is 3.01. The zero-order valence-electron chi connectivity index (χ0n) is 11.1. The number of nitrogens with one attached hydrogen (secondary N) is 1. The van der Waals surface area contributed by atoms with Gasteiger partial charge in [0.05, 0.1) is 12.6 Å². The number of benzene rings is 1. The van der Waals surface area contributed by atoms with Crippen molar-refractivity contribution in [3.05, 3.63) is 42.0 Å². The zero-order chi connectivity index (χ0) is 13.7. The van der Waals surface area contributed by atoms with E-state index in [-0.39, 0.29) is 0 Å². The summed E-state index contributed by atoms with van der Waals surface area (Å²) in [5.74, 6) is 0.880. The van der Waals surface area contributed by atoms with Gasteiger partial charge in [-0.3, -0.25) is 0 Å². The van der Waals surface area contributed by atoms with Gasteiger partial charge in [0, 0.05) is 25.4 Å². The highest BCUT2D eigenvalue weighted by molar-refractivity contribution is 5.77. The van der Waals surface area contributed by atoms with Gasteiger partial charge in [0.25, 0.3) is 0 Å². The molecule has 1 unspecified atom stereocenters. The molecular weight excluding hydrogens is 254 g/mol. The molecule has 0 saturated carbocycles. The van der Waals surface area contributed by atoms with Crippen LogP contribution in [-0.2, 0) is 7.05 Å². The number of aryl methyl sites for hydroxylation is 1. The van der Waals surface area contributed by atoms with Gasteiger partial charge in [0.15, 0.2) is 11.5 Å². The molecule has 0 aliphatic carbocycles. The lowest BCUT2D eigenvalue weighted by Gasteiger charge is -2.28. The molecule has 3 aromatic rings. The van der Waals surface area contributed by atoms with Crippen LogP contribution in [0, 0.1) is 0 Å². The number of quaternary nitrogens is 1. The number of hydrogen-bond donors (Lipinski definition) is 1. The van der Waals surface area contributed by atoms with Crippen molar-refractivity contribution >= 4 is 28.2 Å². The molecule has 0 saturated heterocycles. The van der Waals surface area contributed by atoms with Gasteiger partial charge in [-0.05, 0) is 17.8 Å². The number of rotatable bonds is 1. The van der Waals surface area contributed by atoms with Crippen molar-refractivity contribution in [2.45, 2.75) is 0 Å². The second kappa shape index (κ2) is 3.91. The summed E-state index contributed by atoms with van der Waals surface area (Å²) in [6.45, 7) is 0. The van der Waals surface area contributed by atoms with Crippen molar-refractivity contribution in [3.63, 3.8) is 0 Å². The molecule has 1 atom stereocenters. The predicted molar refractivity (Wildman–Crippen MR) is 74.8 cm³/mol. The van der Waals surface area contributed by atoms with Crippen LogP contribution >= 0.6 is 0 Å². The summed E-state index contributed by atoms with van der Waals surface area (Å²) in [4.78, 5) is 4.37. The summed E-state index contributed by atoms with van der Waals surface area (Å²) >= 11 is 0. The number of hydrogen-bond acceptors (Lipinski definition) is 4. The first-order valence-corrected chi connectivity index (χ1v) is 6.31. The highest BCUT2D eigenvalue weighted by Gasteiger charge is 2.23. The normalized spacial score (nSPS) is 17.3. The van der Waals surface area contributed by atoms with E-state index in [2.05, 4.69) is 26.8 Å². The number of anilines is 1. The minimum Gasteiger partial charge on any atom is -0.453 e. The molecule has 0 bridgehead atoms. The smallest absolute Gasteiger partial charge is 0.165 e. The van der Waals surface area contributed by atoms with Crippen LogP contribution in [0.1, 0.15) is 0 Å². The van der Waals surface area contributed by atoms with Crippen LogP contribution in [-0.4, -0.2) is 27.0 Å². The topological polar surface area (TPSA) is 65.4 Å². The Labute approximate surface area is 115 Å². The fourth-order valence-electron chi connectivity index (χ4n) is 2.45. The van der Waals surface area contributed by atoms with E-state index in [4.69, 9.17) is 0 Å². The van der Waals surface area contributed by atoms with Gasteiger partial charge in [-0.15, -0.1) is 5.10 Å². The fraction of sp³-hybridized carbons (Fsp3) is 0.154. The Bertz CT molecular complexity index is 794. The molecule has 0 amide bonds. The van der Waals surface area contributed by atoms with E-state index < -0.39 is 0 Å². The molecule has 0 spiro atoms. The monoisotopic (exact) mass is 267 g/mol. The molecule has 100 valence electrons. The van der Waals surface area contributed by atoms with Crippen LogP contribution in [0.4, 0.5) is 17.2 Å². The third kappa shape index (κ3) is 1.47. The van der Waals surface area contributed by atoms with E-state index in [1.807, 2.05) is 43.4 Å². The maximum absolute atomic E-state index is 4.65. The molecule has 7 heteroatoms. The Kier molecular flexibility index (Phi) is 2.19. The van der Waals surface area contributed by atoms with E-state index in [0.29, 0.717) is 0 Å². The van der Waals surface area contributed by atoms with Crippen LogP contribution in [0.25, 0.3) is 16.5 Å². The molecule has 20 heavy (non-hydrogen) atoms. The molecule has 4 rings (SSSR count). The molecule has 1 aliphatic heterocycles. The molecule has 3 heterocycles. The van der Waals surface area contributed by atoms with E-state index in [9.17, 15) is 0 Å².